The molecule has 5 heteroatoms. The van der Waals surface area contributed by atoms with Crippen LogP contribution in [0.15, 0.2) is 54.6 Å². The molecule has 150 valence electrons. The first-order valence-corrected chi connectivity index (χ1v) is 10.0. The SMILES string of the molecule is CC1NNC(C)C1CCN(C)C(=O)CC(c1ccccc1)c1ccccc1F. The van der Waals surface area contributed by atoms with Crippen molar-refractivity contribution in [3.05, 3.63) is 71.5 Å². The van der Waals surface area contributed by atoms with Gasteiger partial charge in [-0.3, -0.25) is 15.6 Å². The summed E-state index contributed by atoms with van der Waals surface area (Å²) >= 11 is 0. The molecule has 1 heterocycles. The Morgan fingerprint density at radius 1 is 1.04 bits per heavy atom. The van der Waals surface area contributed by atoms with E-state index in [1.54, 1.807) is 17.0 Å². The number of carbonyl (C=O) groups is 1. The zero-order chi connectivity index (χ0) is 20.1. The molecule has 0 spiro atoms. The van der Waals surface area contributed by atoms with Gasteiger partial charge in [-0.05, 0) is 43.4 Å². The number of hydrazine groups is 1. The quantitative estimate of drug-likeness (QED) is 0.766. The van der Waals surface area contributed by atoms with E-state index in [9.17, 15) is 9.18 Å². The number of nitrogens with one attached hydrogen (secondary N) is 2. The Kier molecular flexibility index (Phi) is 6.81. The summed E-state index contributed by atoms with van der Waals surface area (Å²) in [6.45, 7) is 5.01. The van der Waals surface area contributed by atoms with Crippen molar-refractivity contribution in [2.24, 2.45) is 5.92 Å². The first-order valence-electron chi connectivity index (χ1n) is 10.0. The average molecular weight is 384 g/mol. The van der Waals surface area contributed by atoms with Crippen LogP contribution in [-0.2, 0) is 4.79 Å². The molecule has 1 aliphatic rings. The van der Waals surface area contributed by atoms with Crippen LogP contribution in [-0.4, -0.2) is 36.5 Å². The maximum absolute atomic E-state index is 14.5. The van der Waals surface area contributed by atoms with Gasteiger partial charge in [-0.25, -0.2) is 4.39 Å². The van der Waals surface area contributed by atoms with Crippen molar-refractivity contribution >= 4 is 5.91 Å². The van der Waals surface area contributed by atoms with Crippen LogP contribution in [0.1, 0.15) is 43.7 Å². The van der Waals surface area contributed by atoms with Crippen molar-refractivity contribution in [2.75, 3.05) is 13.6 Å². The van der Waals surface area contributed by atoms with Gasteiger partial charge < -0.3 is 4.90 Å². The van der Waals surface area contributed by atoms with Gasteiger partial charge in [0.1, 0.15) is 5.82 Å². The number of benzene rings is 2. The van der Waals surface area contributed by atoms with Crippen molar-refractivity contribution < 1.29 is 9.18 Å². The normalized spacial score (nSPS) is 22.8. The fourth-order valence-electron chi connectivity index (χ4n) is 4.06. The molecule has 1 aliphatic heterocycles. The van der Waals surface area contributed by atoms with Crippen LogP contribution >= 0.6 is 0 Å². The monoisotopic (exact) mass is 383 g/mol. The molecule has 2 N–H and O–H groups in total. The highest BCUT2D eigenvalue weighted by Crippen LogP contribution is 2.30. The molecule has 3 rings (SSSR count). The van der Waals surface area contributed by atoms with Crippen LogP contribution in [0.2, 0.25) is 0 Å². The Labute approximate surface area is 167 Å². The van der Waals surface area contributed by atoms with E-state index in [1.165, 1.54) is 6.07 Å². The van der Waals surface area contributed by atoms with Crippen LogP contribution in [0.3, 0.4) is 0 Å². The van der Waals surface area contributed by atoms with Gasteiger partial charge in [0.05, 0.1) is 0 Å². The highest BCUT2D eigenvalue weighted by atomic mass is 19.1. The van der Waals surface area contributed by atoms with E-state index in [2.05, 4.69) is 24.7 Å². The molecule has 1 saturated heterocycles. The predicted molar refractivity (Wildman–Crippen MR) is 110 cm³/mol. The van der Waals surface area contributed by atoms with Gasteiger partial charge in [0, 0.05) is 38.0 Å². The molecule has 1 fully saturated rings. The summed E-state index contributed by atoms with van der Waals surface area (Å²) in [5.41, 5.74) is 8.05. The molecular weight excluding hydrogens is 353 g/mol. The van der Waals surface area contributed by atoms with Gasteiger partial charge in [-0.1, -0.05) is 48.5 Å². The van der Waals surface area contributed by atoms with Crippen molar-refractivity contribution in [1.29, 1.82) is 0 Å². The summed E-state index contributed by atoms with van der Waals surface area (Å²) < 4.78 is 14.5. The lowest BCUT2D eigenvalue weighted by Crippen LogP contribution is -2.33. The molecule has 0 aromatic heterocycles. The summed E-state index contributed by atoms with van der Waals surface area (Å²) in [7, 11) is 1.84. The van der Waals surface area contributed by atoms with Crippen LogP contribution in [0.5, 0.6) is 0 Å². The summed E-state index contributed by atoms with van der Waals surface area (Å²) in [4.78, 5) is 14.7. The minimum atomic E-state index is -0.287. The van der Waals surface area contributed by atoms with E-state index < -0.39 is 0 Å². The van der Waals surface area contributed by atoms with Crippen molar-refractivity contribution in [1.82, 2.24) is 15.8 Å². The van der Waals surface area contributed by atoms with Crippen LogP contribution in [0, 0.1) is 11.7 Å². The van der Waals surface area contributed by atoms with Crippen molar-refractivity contribution in [3.8, 4) is 0 Å². The molecule has 2 aromatic rings. The van der Waals surface area contributed by atoms with Crippen LogP contribution in [0.4, 0.5) is 4.39 Å². The number of hydrogen-bond donors (Lipinski definition) is 2. The smallest absolute Gasteiger partial charge is 0.223 e. The fourth-order valence-corrected chi connectivity index (χ4v) is 4.06. The maximum atomic E-state index is 14.5. The van der Waals surface area contributed by atoms with Crippen LogP contribution < -0.4 is 10.9 Å². The lowest BCUT2D eigenvalue weighted by molar-refractivity contribution is -0.130. The summed E-state index contributed by atoms with van der Waals surface area (Å²) in [5.74, 6) is -0.0364. The number of hydrogen-bond acceptors (Lipinski definition) is 3. The summed E-state index contributed by atoms with van der Waals surface area (Å²) in [6, 6.07) is 17.2. The topological polar surface area (TPSA) is 44.4 Å². The minimum absolute atomic E-state index is 0.0383. The van der Waals surface area contributed by atoms with E-state index in [0.29, 0.717) is 30.1 Å². The van der Waals surface area contributed by atoms with Crippen molar-refractivity contribution in [3.63, 3.8) is 0 Å². The highest BCUT2D eigenvalue weighted by molar-refractivity contribution is 5.77. The number of halogens is 1. The van der Waals surface area contributed by atoms with Gasteiger partial charge in [0.25, 0.3) is 0 Å². The van der Waals surface area contributed by atoms with E-state index in [1.807, 2.05) is 43.4 Å². The maximum Gasteiger partial charge on any atom is 0.223 e. The zero-order valence-corrected chi connectivity index (χ0v) is 16.9. The van der Waals surface area contributed by atoms with E-state index >= 15 is 0 Å². The summed E-state index contributed by atoms with van der Waals surface area (Å²) in [5, 5.41) is 0. The number of amides is 1. The highest BCUT2D eigenvalue weighted by Gasteiger charge is 2.30. The first kappa shape index (κ1) is 20.5. The Bertz CT molecular complexity index is 772. The third kappa shape index (κ3) is 4.78. The molecule has 0 aliphatic carbocycles. The van der Waals surface area contributed by atoms with Crippen LogP contribution in [0.25, 0.3) is 0 Å². The van der Waals surface area contributed by atoms with Gasteiger partial charge >= 0.3 is 0 Å². The third-order valence-corrected chi connectivity index (χ3v) is 5.91. The number of carbonyl (C=O) groups excluding carboxylic acids is 1. The van der Waals surface area contributed by atoms with Gasteiger partial charge in [-0.2, -0.15) is 0 Å². The Morgan fingerprint density at radius 3 is 2.29 bits per heavy atom. The molecule has 3 atom stereocenters. The standard InChI is InChI=1S/C23H30FN3O/c1-16-19(17(2)26-25-16)13-14-27(3)23(28)15-21(18-9-5-4-6-10-18)20-11-7-8-12-22(20)24/h4-12,16-17,19,21,25-26H,13-15H2,1-3H3. The number of nitrogens with zero attached hydrogens (tertiary/aromatic N) is 1. The van der Waals surface area contributed by atoms with Gasteiger partial charge in [0.2, 0.25) is 5.91 Å². The molecule has 2 aromatic carbocycles. The Balaban J connectivity index is 1.70. The Hall–Kier alpha value is -2.24. The molecular formula is C23H30FN3O. The average Bonchev–Trinajstić information content (AvgIpc) is 3.03. The molecule has 0 bridgehead atoms. The first-order chi connectivity index (χ1) is 13.5. The second-order valence-corrected chi connectivity index (χ2v) is 7.82. The molecule has 4 nitrogen and oxygen atoms in total. The van der Waals surface area contributed by atoms with Crippen molar-refractivity contribution in [2.45, 2.75) is 44.7 Å². The molecule has 0 radical (unpaired) electrons. The largest absolute Gasteiger partial charge is 0.346 e. The Morgan fingerprint density at radius 2 is 1.64 bits per heavy atom. The summed E-state index contributed by atoms with van der Waals surface area (Å²) in [6.07, 6.45) is 1.19. The molecule has 0 saturated carbocycles. The number of rotatable bonds is 7. The minimum Gasteiger partial charge on any atom is -0.346 e. The second-order valence-electron chi connectivity index (χ2n) is 7.82. The van der Waals surface area contributed by atoms with Gasteiger partial charge in [-0.15, -0.1) is 0 Å². The molecule has 1 amide bonds. The third-order valence-electron chi connectivity index (χ3n) is 5.91. The van der Waals surface area contributed by atoms with Gasteiger partial charge in [0.15, 0.2) is 0 Å². The lowest BCUT2D eigenvalue weighted by atomic mass is 9.87. The van der Waals surface area contributed by atoms with E-state index in [4.69, 9.17) is 0 Å². The predicted octanol–water partition coefficient (Wildman–Crippen LogP) is 3.70. The van der Waals surface area contributed by atoms with E-state index in [0.717, 1.165) is 12.0 Å². The fraction of sp³-hybridized carbons (Fsp3) is 0.435. The zero-order valence-electron chi connectivity index (χ0n) is 16.9. The lowest BCUT2D eigenvalue weighted by Gasteiger charge is -2.25. The second kappa shape index (κ2) is 9.30. The van der Waals surface area contributed by atoms with E-state index in [-0.39, 0.29) is 24.1 Å². The molecule has 28 heavy (non-hydrogen) atoms. The molecule has 3 unspecified atom stereocenters.